The lowest BCUT2D eigenvalue weighted by Gasteiger charge is -2.12. The molecule has 0 amide bonds. The van der Waals surface area contributed by atoms with Crippen molar-refractivity contribution in [3.63, 3.8) is 0 Å². The highest BCUT2D eigenvalue weighted by Gasteiger charge is 2.14. The maximum Gasteiger partial charge on any atom is 0.142 e. The van der Waals surface area contributed by atoms with E-state index in [-0.39, 0.29) is 0 Å². The summed E-state index contributed by atoms with van der Waals surface area (Å²) >= 11 is 0. The van der Waals surface area contributed by atoms with Gasteiger partial charge in [0.1, 0.15) is 11.9 Å². The Balaban J connectivity index is 2.26. The van der Waals surface area contributed by atoms with Crippen LogP contribution in [0.2, 0.25) is 0 Å². The maximum atomic E-state index is 10.2. The minimum absolute atomic E-state index is 0.509. The van der Waals surface area contributed by atoms with Gasteiger partial charge < -0.3 is 9.67 Å². The molecule has 0 saturated heterocycles. The zero-order valence-electron chi connectivity index (χ0n) is 10.5. The van der Waals surface area contributed by atoms with Crippen molar-refractivity contribution in [2.24, 2.45) is 7.05 Å². The summed E-state index contributed by atoms with van der Waals surface area (Å²) in [6, 6.07) is 8.06. The summed E-state index contributed by atoms with van der Waals surface area (Å²) in [6.45, 7) is 4.31. The molecular weight excluding hydrogens is 212 g/mol. The second-order valence-corrected chi connectivity index (χ2v) is 4.62. The van der Waals surface area contributed by atoms with E-state index in [1.54, 1.807) is 6.20 Å². The van der Waals surface area contributed by atoms with Crippen LogP contribution in [0.1, 0.15) is 42.8 Å². The van der Waals surface area contributed by atoms with Crippen LogP contribution in [0, 0.1) is 0 Å². The van der Waals surface area contributed by atoms with Crippen LogP contribution in [0.15, 0.2) is 36.7 Å². The molecule has 0 aliphatic heterocycles. The van der Waals surface area contributed by atoms with Gasteiger partial charge in [0.15, 0.2) is 0 Å². The zero-order valence-corrected chi connectivity index (χ0v) is 10.5. The van der Waals surface area contributed by atoms with Crippen molar-refractivity contribution in [3.8, 4) is 0 Å². The molecule has 1 unspecified atom stereocenters. The van der Waals surface area contributed by atoms with Crippen LogP contribution in [0.25, 0.3) is 0 Å². The smallest absolute Gasteiger partial charge is 0.142 e. The highest BCUT2D eigenvalue weighted by Crippen LogP contribution is 2.22. The molecule has 2 aromatic rings. The van der Waals surface area contributed by atoms with Crippen LogP contribution in [0.5, 0.6) is 0 Å². The van der Waals surface area contributed by atoms with Crippen LogP contribution in [0.3, 0.4) is 0 Å². The highest BCUT2D eigenvalue weighted by atomic mass is 16.3. The normalized spacial score (nSPS) is 13.0. The van der Waals surface area contributed by atoms with E-state index in [4.69, 9.17) is 0 Å². The molecule has 0 saturated carbocycles. The Morgan fingerprint density at radius 3 is 2.18 bits per heavy atom. The van der Waals surface area contributed by atoms with Crippen molar-refractivity contribution in [2.45, 2.75) is 25.9 Å². The molecule has 0 radical (unpaired) electrons. The second-order valence-electron chi connectivity index (χ2n) is 4.62. The van der Waals surface area contributed by atoms with Gasteiger partial charge in [0, 0.05) is 19.4 Å². The molecular formula is C14H18N2O. The van der Waals surface area contributed by atoms with Crippen molar-refractivity contribution in [1.82, 2.24) is 9.55 Å². The fraction of sp³-hybridized carbons (Fsp3) is 0.357. The van der Waals surface area contributed by atoms with Gasteiger partial charge in [-0.2, -0.15) is 0 Å². The van der Waals surface area contributed by atoms with Gasteiger partial charge in [-0.3, -0.25) is 0 Å². The Hall–Kier alpha value is -1.61. The lowest BCUT2D eigenvalue weighted by atomic mass is 10.00. The van der Waals surface area contributed by atoms with E-state index in [1.807, 2.05) is 29.9 Å². The highest BCUT2D eigenvalue weighted by molar-refractivity contribution is 5.28. The van der Waals surface area contributed by atoms with Gasteiger partial charge in [-0.05, 0) is 17.0 Å². The molecule has 3 heteroatoms. The van der Waals surface area contributed by atoms with E-state index in [0.29, 0.717) is 11.7 Å². The molecule has 1 heterocycles. The van der Waals surface area contributed by atoms with E-state index in [9.17, 15) is 5.11 Å². The number of imidazole rings is 1. The van der Waals surface area contributed by atoms with Gasteiger partial charge in [0.05, 0.1) is 0 Å². The third-order valence-corrected chi connectivity index (χ3v) is 3.02. The summed E-state index contributed by atoms with van der Waals surface area (Å²) in [5, 5.41) is 10.2. The van der Waals surface area contributed by atoms with Crippen LogP contribution < -0.4 is 0 Å². The SMILES string of the molecule is CC(C)c1ccc(C(O)c2nccn2C)cc1. The van der Waals surface area contributed by atoms with E-state index in [1.165, 1.54) is 5.56 Å². The Kier molecular flexibility index (Phi) is 3.29. The van der Waals surface area contributed by atoms with Crippen molar-refractivity contribution < 1.29 is 5.11 Å². The van der Waals surface area contributed by atoms with Crippen molar-refractivity contribution in [1.29, 1.82) is 0 Å². The standard InChI is InChI=1S/C14H18N2O/c1-10(2)11-4-6-12(7-5-11)13(17)14-15-8-9-16(14)3/h4-10,13,17H,1-3H3. The number of hydrogen-bond acceptors (Lipinski definition) is 2. The van der Waals surface area contributed by atoms with Gasteiger partial charge in [-0.25, -0.2) is 4.98 Å². The van der Waals surface area contributed by atoms with Crippen molar-refractivity contribution >= 4 is 0 Å². The first-order valence-electron chi connectivity index (χ1n) is 5.84. The van der Waals surface area contributed by atoms with Gasteiger partial charge in [-0.1, -0.05) is 38.1 Å². The summed E-state index contributed by atoms with van der Waals surface area (Å²) in [4.78, 5) is 4.16. The summed E-state index contributed by atoms with van der Waals surface area (Å²) in [7, 11) is 1.88. The zero-order chi connectivity index (χ0) is 12.4. The quantitative estimate of drug-likeness (QED) is 0.880. The van der Waals surface area contributed by atoms with Gasteiger partial charge in [-0.15, -0.1) is 0 Å². The number of nitrogens with zero attached hydrogens (tertiary/aromatic N) is 2. The summed E-state index contributed by atoms with van der Waals surface area (Å²) in [6.07, 6.45) is 2.87. The number of benzene rings is 1. The molecule has 2 rings (SSSR count). The number of rotatable bonds is 3. The average molecular weight is 230 g/mol. The molecule has 0 spiro atoms. The molecule has 1 aromatic heterocycles. The number of aromatic nitrogens is 2. The van der Waals surface area contributed by atoms with Crippen molar-refractivity contribution in [2.75, 3.05) is 0 Å². The topological polar surface area (TPSA) is 38.1 Å². The second kappa shape index (κ2) is 4.72. The Morgan fingerprint density at radius 2 is 1.71 bits per heavy atom. The third kappa shape index (κ3) is 2.39. The van der Waals surface area contributed by atoms with Crippen LogP contribution in [-0.2, 0) is 7.05 Å². The van der Waals surface area contributed by atoms with E-state index >= 15 is 0 Å². The minimum atomic E-state index is -0.656. The molecule has 1 atom stereocenters. The van der Waals surface area contributed by atoms with Gasteiger partial charge in [0.2, 0.25) is 0 Å². The Bertz CT molecular complexity index is 485. The van der Waals surface area contributed by atoms with E-state index < -0.39 is 6.10 Å². The van der Waals surface area contributed by atoms with Crippen molar-refractivity contribution in [3.05, 3.63) is 53.6 Å². The first-order valence-corrected chi connectivity index (χ1v) is 5.84. The minimum Gasteiger partial charge on any atom is -0.380 e. The predicted molar refractivity (Wildman–Crippen MR) is 67.8 cm³/mol. The number of aliphatic hydroxyl groups excluding tert-OH is 1. The average Bonchev–Trinajstić information content (AvgIpc) is 2.74. The molecule has 1 aromatic carbocycles. The molecule has 90 valence electrons. The van der Waals surface area contributed by atoms with Gasteiger partial charge >= 0.3 is 0 Å². The maximum absolute atomic E-state index is 10.2. The van der Waals surface area contributed by atoms with E-state index in [0.717, 1.165) is 5.56 Å². The predicted octanol–water partition coefficient (Wildman–Crippen LogP) is 2.63. The van der Waals surface area contributed by atoms with Crippen LogP contribution >= 0.6 is 0 Å². The third-order valence-electron chi connectivity index (χ3n) is 3.02. The monoisotopic (exact) mass is 230 g/mol. The van der Waals surface area contributed by atoms with Crippen LogP contribution in [0.4, 0.5) is 0 Å². The number of aliphatic hydroxyl groups is 1. The molecule has 0 fully saturated rings. The number of aryl methyl sites for hydroxylation is 1. The van der Waals surface area contributed by atoms with Crippen LogP contribution in [-0.4, -0.2) is 14.7 Å². The fourth-order valence-corrected chi connectivity index (χ4v) is 1.85. The Labute approximate surface area is 102 Å². The molecule has 0 aliphatic carbocycles. The van der Waals surface area contributed by atoms with Gasteiger partial charge in [0.25, 0.3) is 0 Å². The first-order chi connectivity index (χ1) is 8.09. The molecule has 1 N–H and O–H groups in total. The summed E-state index contributed by atoms with van der Waals surface area (Å²) in [5.41, 5.74) is 2.16. The Morgan fingerprint density at radius 1 is 1.12 bits per heavy atom. The molecule has 17 heavy (non-hydrogen) atoms. The fourth-order valence-electron chi connectivity index (χ4n) is 1.85. The summed E-state index contributed by atoms with van der Waals surface area (Å²) < 4.78 is 1.83. The summed E-state index contributed by atoms with van der Waals surface area (Å²) in [5.74, 6) is 1.18. The molecule has 0 aliphatic rings. The lowest BCUT2D eigenvalue weighted by molar-refractivity contribution is 0.206. The molecule has 3 nitrogen and oxygen atoms in total. The number of hydrogen-bond donors (Lipinski definition) is 1. The first kappa shape index (κ1) is 11.9. The molecule has 0 bridgehead atoms. The largest absolute Gasteiger partial charge is 0.380 e. The lowest BCUT2D eigenvalue weighted by Crippen LogP contribution is -2.07. The van der Waals surface area contributed by atoms with E-state index in [2.05, 4.69) is 31.0 Å².